The molecular weight excluding hydrogens is 573 g/mol. The van der Waals surface area contributed by atoms with Gasteiger partial charge in [-0.15, -0.1) is 0 Å². The van der Waals surface area contributed by atoms with Crippen molar-refractivity contribution in [1.82, 2.24) is 15.1 Å². The standard InChI is InChI=1S/C19H29FN2O2.C13H14F2N4O/c1-13(20)16-11-22(14(2)15-9-7-6-8-10-15)12-17(16)21-18(23)24-19(3,4)5;1-8(9-5-3-2-4-6-9)19-7-10(12(14)15)11(13(19)20)17-18-16/h6-10,13-14,16-17H,11-12H2,1-5H3,(H,21,23);2-6,8,10-12H,7H2,1H3/t13?,14-,16?,17?;8-,10?,11?/m11/s1. The van der Waals surface area contributed by atoms with Crippen LogP contribution in [0.15, 0.2) is 65.8 Å². The van der Waals surface area contributed by atoms with Gasteiger partial charge in [0.1, 0.15) is 17.8 Å². The lowest BCUT2D eigenvalue weighted by molar-refractivity contribution is -0.130. The van der Waals surface area contributed by atoms with Gasteiger partial charge >= 0.3 is 6.09 Å². The van der Waals surface area contributed by atoms with Gasteiger partial charge in [-0.1, -0.05) is 65.8 Å². The van der Waals surface area contributed by atoms with Gasteiger partial charge < -0.3 is 15.0 Å². The van der Waals surface area contributed by atoms with Gasteiger partial charge in [-0.3, -0.25) is 9.69 Å². The highest BCUT2D eigenvalue weighted by atomic mass is 19.3. The number of nitrogens with one attached hydrogen (secondary N) is 1. The molecule has 2 aromatic rings. The van der Waals surface area contributed by atoms with Crippen molar-refractivity contribution in [2.45, 2.75) is 83.9 Å². The molecule has 240 valence electrons. The molecule has 12 heteroatoms. The van der Waals surface area contributed by atoms with Gasteiger partial charge in [-0.25, -0.2) is 18.0 Å². The van der Waals surface area contributed by atoms with Crippen LogP contribution < -0.4 is 5.32 Å². The van der Waals surface area contributed by atoms with E-state index in [-0.39, 0.29) is 30.6 Å². The zero-order valence-electron chi connectivity index (χ0n) is 26.1. The summed E-state index contributed by atoms with van der Waals surface area (Å²) >= 11 is 0. The van der Waals surface area contributed by atoms with E-state index in [1.54, 1.807) is 13.8 Å². The Morgan fingerprint density at radius 2 is 1.48 bits per heavy atom. The average Bonchev–Trinajstić information content (AvgIpc) is 3.54. The van der Waals surface area contributed by atoms with Crippen molar-refractivity contribution in [3.05, 3.63) is 82.2 Å². The van der Waals surface area contributed by atoms with Crippen molar-refractivity contribution in [1.29, 1.82) is 0 Å². The Kier molecular flexibility index (Phi) is 12.1. The lowest BCUT2D eigenvalue weighted by Gasteiger charge is -2.25. The fourth-order valence-corrected chi connectivity index (χ4v) is 5.63. The van der Waals surface area contributed by atoms with Crippen molar-refractivity contribution in [2.75, 3.05) is 19.6 Å². The molecule has 0 bridgehead atoms. The van der Waals surface area contributed by atoms with Gasteiger partial charge in [-0.05, 0) is 58.2 Å². The van der Waals surface area contributed by atoms with E-state index >= 15 is 0 Å². The fourth-order valence-electron chi connectivity index (χ4n) is 5.63. The molecule has 2 aliphatic rings. The molecule has 2 fully saturated rings. The molecule has 7 atom stereocenters. The Morgan fingerprint density at radius 3 is 1.95 bits per heavy atom. The fraction of sp³-hybridized carbons (Fsp3) is 0.562. The smallest absolute Gasteiger partial charge is 0.407 e. The summed E-state index contributed by atoms with van der Waals surface area (Å²) in [6, 6.07) is 17.6. The van der Waals surface area contributed by atoms with Crippen LogP contribution in [-0.2, 0) is 9.53 Å². The minimum Gasteiger partial charge on any atom is -0.444 e. The topological polar surface area (TPSA) is 111 Å². The van der Waals surface area contributed by atoms with E-state index in [2.05, 4.69) is 39.3 Å². The molecule has 0 aliphatic carbocycles. The number of hydrogen-bond donors (Lipinski definition) is 1. The summed E-state index contributed by atoms with van der Waals surface area (Å²) in [5.41, 5.74) is 9.92. The van der Waals surface area contributed by atoms with Crippen LogP contribution >= 0.6 is 0 Å². The van der Waals surface area contributed by atoms with Gasteiger partial charge in [0, 0.05) is 36.5 Å². The summed E-state index contributed by atoms with van der Waals surface area (Å²) in [6.45, 7) is 12.0. The molecule has 0 radical (unpaired) electrons. The first-order valence-corrected chi connectivity index (χ1v) is 14.8. The summed E-state index contributed by atoms with van der Waals surface area (Å²) in [4.78, 5) is 30.3. The highest BCUT2D eigenvalue weighted by molar-refractivity contribution is 5.85. The first kappa shape index (κ1) is 34.7. The van der Waals surface area contributed by atoms with Gasteiger partial charge in [0.2, 0.25) is 12.3 Å². The number of amides is 2. The SMILES string of the molecule is CC(F)C1CN([C@H](C)c2ccccc2)CC1NC(=O)OC(C)(C)C.C[C@H](c1ccccc1)N1CC(C(F)F)C(N=[N+]=[N-])C1=O. The maximum absolute atomic E-state index is 14.1. The summed E-state index contributed by atoms with van der Waals surface area (Å²) in [6.07, 6.45) is -4.16. The molecule has 0 aromatic heterocycles. The number of azide groups is 1. The maximum Gasteiger partial charge on any atom is 0.407 e. The Hall–Kier alpha value is -3.76. The average molecular weight is 617 g/mol. The third-order valence-corrected chi connectivity index (χ3v) is 8.11. The predicted octanol–water partition coefficient (Wildman–Crippen LogP) is 7.08. The molecule has 2 aromatic carbocycles. The lowest BCUT2D eigenvalue weighted by Crippen LogP contribution is -2.45. The molecule has 0 saturated carbocycles. The molecule has 2 aliphatic heterocycles. The van der Waals surface area contributed by atoms with E-state index in [4.69, 9.17) is 10.3 Å². The lowest BCUT2D eigenvalue weighted by atomic mass is 9.99. The van der Waals surface area contributed by atoms with Crippen molar-refractivity contribution in [2.24, 2.45) is 17.0 Å². The number of carbonyl (C=O) groups excluding carboxylic acids is 2. The number of ether oxygens (including phenoxy) is 1. The Bertz CT molecular complexity index is 1270. The van der Waals surface area contributed by atoms with E-state index in [1.165, 1.54) is 10.5 Å². The zero-order chi connectivity index (χ0) is 32.6. The minimum atomic E-state index is -2.69. The molecule has 9 nitrogen and oxygen atoms in total. The zero-order valence-corrected chi connectivity index (χ0v) is 26.1. The Labute approximate surface area is 257 Å². The molecule has 2 heterocycles. The monoisotopic (exact) mass is 616 g/mol. The molecule has 2 amide bonds. The van der Waals surface area contributed by atoms with Gasteiger partial charge in [-0.2, -0.15) is 0 Å². The van der Waals surface area contributed by atoms with Crippen LogP contribution in [0.25, 0.3) is 10.4 Å². The number of nitrogens with zero attached hydrogens (tertiary/aromatic N) is 5. The number of benzene rings is 2. The molecule has 4 rings (SSSR count). The van der Waals surface area contributed by atoms with Crippen molar-refractivity contribution >= 4 is 12.0 Å². The van der Waals surface area contributed by atoms with Crippen LogP contribution in [0.4, 0.5) is 18.0 Å². The van der Waals surface area contributed by atoms with E-state index in [9.17, 15) is 22.8 Å². The predicted molar refractivity (Wildman–Crippen MR) is 163 cm³/mol. The number of halogens is 3. The van der Waals surface area contributed by atoms with E-state index in [1.807, 2.05) is 69.3 Å². The number of hydrogen-bond acceptors (Lipinski definition) is 5. The number of alkyl halides is 3. The summed E-state index contributed by atoms with van der Waals surface area (Å²) < 4.78 is 45.3. The molecular formula is C32H43F3N6O3. The van der Waals surface area contributed by atoms with Crippen molar-refractivity contribution in [3.63, 3.8) is 0 Å². The van der Waals surface area contributed by atoms with E-state index in [0.717, 1.165) is 5.56 Å². The minimum absolute atomic E-state index is 0.101. The van der Waals surface area contributed by atoms with Crippen molar-refractivity contribution < 1.29 is 27.5 Å². The van der Waals surface area contributed by atoms with Crippen LogP contribution in [0, 0.1) is 11.8 Å². The van der Waals surface area contributed by atoms with E-state index in [0.29, 0.717) is 13.1 Å². The summed E-state index contributed by atoms with van der Waals surface area (Å²) in [7, 11) is 0. The molecule has 44 heavy (non-hydrogen) atoms. The second-order valence-electron chi connectivity index (χ2n) is 12.4. The highest BCUT2D eigenvalue weighted by Crippen LogP contribution is 2.33. The molecule has 5 unspecified atom stereocenters. The summed E-state index contributed by atoms with van der Waals surface area (Å²) in [5, 5.41) is 6.10. The number of likely N-dealkylation sites (tertiary alicyclic amines) is 2. The largest absolute Gasteiger partial charge is 0.444 e. The van der Waals surface area contributed by atoms with Gasteiger partial charge in [0.05, 0.1) is 18.0 Å². The summed E-state index contributed by atoms with van der Waals surface area (Å²) in [5.74, 6) is -2.02. The maximum atomic E-state index is 14.1. The van der Waals surface area contributed by atoms with Crippen LogP contribution in [0.5, 0.6) is 0 Å². The van der Waals surface area contributed by atoms with Gasteiger partial charge in [0.25, 0.3) is 0 Å². The third-order valence-electron chi connectivity index (χ3n) is 8.11. The molecule has 2 saturated heterocycles. The quantitative estimate of drug-likeness (QED) is 0.194. The van der Waals surface area contributed by atoms with Crippen LogP contribution in [0.3, 0.4) is 0 Å². The van der Waals surface area contributed by atoms with E-state index < -0.39 is 42.2 Å². The Balaban J connectivity index is 0.000000244. The van der Waals surface area contributed by atoms with Crippen LogP contribution in [0.2, 0.25) is 0 Å². The number of carbonyl (C=O) groups is 2. The third kappa shape index (κ3) is 9.12. The highest BCUT2D eigenvalue weighted by Gasteiger charge is 2.46. The first-order valence-electron chi connectivity index (χ1n) is 14.8. The number of rotatable bonds is 8. The van der Waals surface area contributed by atoms with Crippen molar-refractivity contribution in [3.8, 4) is 0 Å². The Morgan fingerprint density at radius 1 is 0.932 bits per heavy atom. The number of alkyl carbamates (subject to hydrolysis) is 1. The van der Waals surface area contributed by atoms with Gasteiger partial charge in [0.15, 0.2) is 0 Å². The van der Waals surface area contributed by atoms with Crippen LogP contribution in [0.1, 0.15) is 64.8 Å². The molecule has 0 spiro atoms. The second-order valence-corrected chi connectivity index (χ2v) is 12.4. The van der Waals surface area contributed by atoms with Crippen LogP contribution in [-0.4, -0.2) is 71.7 Å². The molecule has 1 N–H and O–H groups in total. The second kappa shape index (κ2) is 15.3. The normalized spacial score (nSPS) is 24.1. The first-order chi connectivity index (χ1) is 20.7.